The summed E-state index contributed by atoms with van der Waals surface area (Å²) in [4.78, 5) is 45.9. The van der Waals surface area contributed by atoms with E-state index in [0.717, 1.165) is 29.1 Å². The first-order valence-electron chi connectivity index (χ1n) is 15.5. The van der Waals surface area contributed by atoms with Crippen LogP contribution in [0.3, 0.4) is 0 Å². The van der Waals surface area contributed by atoms with Gasteiger partial charge in [0.05, 0.1) is 23.6 Å². The van der Waals surface area contributed by atoms with Crippen molar-refractivity contribution in [1.82, 2.24) is 31.2 Å². The highest BCUT2D eigenvalue weighted by Crippen LogP contribution is 2.15. The zero-order chi connectivity index (χ0) is 31.7. The minimum atomic E-state index is -0.703. The van der Waals surface area contributed by atoms with Crippen molar-refractivity contribution < 1.29 is 23.9 Å². The van der Waals surface area contributed by atoms with Gasteiger partial charge < -0.3 is 30.7 Å². The van der Waals surface area contributed by atoms with Crippen LogP contribution in [0.5, 0.6) is 0 Å². The topological polar surface area (TPSA) is 134 Å². The van der Waals surface area contributed by atoms with Crippen LogP contribution >= 0.6 is 11.3 Å². The molecular formula is C33H44N6O5S. The van der Waals surface area contributed by atoms with E-state index in [1.165, 1.54) is 18.4 Å². The number of aromatic nitrogens is 1. The number of hydrogen-bond acceptors (Lipinski definition) is 8. The fraction of sp³-hybridized carbons (Fsp3) is 0.455. The normalized spacial score (nSPS) is 15.3. The molecule has 1 saturated heterocycles. The van der Waals surface area contributed by atoms with E-state index in [1.807, 2.05) is 60.7 Å². The third-order valence-corrected chi connectivity index (χ3v) is 8.45. The molecule has 0 saturated carbocycles. The first-order chi connectivity index (χ1) is 22.0. The molecule has 1 aromatic heterocycles. The number of thiazole rings is 1. The summed E-state index contributed by atoms with van der Waals surface area (Å²) in [6, 6.07) is 18.4. The highest BCUT2D eigenvalue weighted by molar-refractivity contribution is 7.09. The Labute approximate surface area is 269 Å². The molecule has 4 amide bonds. The second kappa shape index (κ2) is 18.7. The zero-order valence-corrected chi connectivity index (χ0v) is 26.6. The van der Waals surface area contributed by atoms with Crippen molar-refractivity contribution in [3.8, 4) is 0 Å². The second-order valence-electron chi connectivity index (χ2n) is 11.1. The monoisotopic (exact) mass is 636 g/mol. The number of benzene rings is 2. The van der Waals surface area contributed by atoms with Gasteiger partial charge in [-0.3, -0.25) is 14.7 Å². The maximum Gasteiger partial charge on any atom is 0.407 e. The Balaban J connectivity index is 1.43. The number of ether oxygens (including phenoxy) is 2. The molecule has 0 bridgehead atoms. The highest BCUT2D eigenvalue weighted by Gasteiger charge is 2.26. The summed E-state index contributed by atoms with van der Waals surface area (Å²) in [5.74, 6) is -0.232. The highest BCUT2D eigenvalue weighted by atomic mass is 32.1. The third-order valence-electron chi connectivity index (χ3n) is 7.70. The number of carbonyl (C=O) groups excluding carboxylic acids is 3. The van der Waals surface area contributed by atoms with E-state index in [-0.39, 0.29) is 24.6 Å². The average Bonchev–Trinajstić information content (AvgIpc) is 3.59. The maximum atomic E-state index is 13.7. The van der Waals surface area contributed by atoms with Crippen LogP contribution in [-0.2, 0) is 33.7 Å². The molecule has 3 atom stereocenters. The van der Waals surface area contributed by atoms with Gasteiger partial charge in [0.25, 0.3) is 0 Å². The Kier molecular flexibility index (Phi) is 14.1. The lowest BCUT2D eigenvalue weighted by atomic mass is 9.95. The molecule has 1 aliphatic rings. The maximum absolute atomic E-state index is 13.7. The molecule has 4 rings (SSSR count). The molecule has 12 heteroatoms. The number of amides is 4. The second-order valence-corrected chi connectivity index (χ2v) is 12.0. The van der Waals surface area contributed by atoms with Crippen LogP contribution in [0.2, 0.25) is 0 Å². The van der Waals surface area contributed by atoms with E-state index in [0.29, 0.717) is 51.9 Å². The Morgan fingerprint density at radius 1 is 0.889 bits per heavy atom. The first-order valence-corrected chi connectivity index (χ1v) is 16.3. The number of nitrogens with one attached hydrogen (secondary N) is 4. The van der Waals surface area contributed by atoms with Crippen LogP contribution in [0.15, 0.2) is 72.4 Å². The molecular weight excluding hydrogens is 592 g/mol. The van der Waals surface area contributed by atoms with Gasteiger partial charge in [-0.1, -0.05) is 60.7 Å². The number of morpholine rings is 1. The van der Waals surface area contributed by atoms with Crippen LogP contribution in [-0.4, -0.2) is 85.9 Å². The van der Waals surface area contributed by atoms with Gasteiger partial charge in [-0.25, -0.2) is 9.59 Å². The third kappa shape index (κ3) is 12.5. The number of hydrogen-bond donors (Lipinski definition) is 4. The lowest BCUT2D eigenvalue weighted by Crippen LogP contribution is -2.53. The predicted molar refractivity (Wildman–Crippen MR) is 174 cm³/mol. The van der Waals surface area contributed by atoms with Crippen LogP contribution in [0, 0.1) is 0 Å². The molecule has 11 nitrogen and oxygen atoms in total. The molecule has 0 radical (unpaired) electrons. The number of alkyl carbamates (subject to hydrolysis) is 1. The quantitative estimate of drug-likeness (QED) is 0.189. The Hall–Kier alpha value is -4.00. The van der Waals surface area contributed by atoms with E-state index in [1.54, 1.807) is 11.7 Å². The average molecular weight is 637 g/mol. The summed E-state index contributed by atoms with van der Waals surface area (Å²) in [5, 5.41) is 11.7. The molecule has 4 N–H and O–H groups in total. The summed E-state index contributed by atoms with van der Waals surface area (Å²) in [7, 11) is 1.53. The Morgan fingerprint density at radius 2 is 1.51 bits per heavy atom. The van der Waals surface area contributed by atoms with E-state index in [9.17, 15) is 14.4 Å². The lowest BCUT2D eigenvalue weighted by molar-refractivity contribution is -0.124. The molecule has 3 unspecified atom stereocenters. The van der Waals surface area contributed by atoms with Crippen LogP contribution in [0.4, 0.5) is 9.59 Å². The van der Waals surface area contributed by atoms with Gasteiger partial charge in [0, 0.05) is 45.0 Å². The summed E-state index contributed by atoms with van der Waals surface area (Å²) in [6.07, 6.45) is 4.09. The molecule has 242 valence electrons. The molecule has 1 aliphatic heterocycles. The van der Waals surface area contributed by atoms with Crippen molar-refractivity contribution in [2.45, 2.75) is 56.8 Å². The first kappa shape index (κ1) is 33.9. The minimum absolute atomic E-state index is 0.158. The van der Waals surface area contributed by atoms with E-state index < -0.39 is 18.2 Å². The SMILES string of the molecule is CNC(=O)NC(CCN1CCOCC1)C(=O)NC(CCC(Cc1ccccc1)NC(=O)OCc1cncs1)Cc1ccccc1. The Morgan fingerprint density at radius 3 is 2.09 bits per heavy atom. The van der Waals surface area contributed by atoms with Gasteiger partial charge in [-0.15, -0.1) is 11.3 Å². The minimum Gasteiger partial charge on any atom is -0.444 e. The van der Waals surface area contributed by atoms with Crippen molar-refractivity contribution in [2.75, 3.05) is 39.9 Å². The van der Waals surface area contributed by atoms with Gasteiger partial charge in [0.2, 0.25) is 5.91 Å². The van der Waals surface area contributed by atoms with Crippen molar-refractivity contribution in [3.63, 3.8) is 0 Å². The van der Waals surface area contributed by atoms with Crippen LogP contribution in [0.25, 0.3) is 0 Å². The fourth-order valence-electron chi connectivity index (χ4n) is 5.25. The molecule has 1 fully saturated rings. The molecule has 3 aromatic rings. The number of nitrogens with zero attached hydrogens (tertiary/aromatic N) is 2. The van der Waals surface area contributed by atoms with Gasteiger partial charge >= 0.3 is 12.1 Å². The van der Waals surface area contributed by atoms with Crippen molar-refractivity contribution >= 4 is 29.4 Å². The number of urea groups is 1. The van der Waals surface area contributed by atoms with Gasteiger partial charge in [-0.2, -0.15) is 0 Å². The molecule has 2 aromatic carbocycles. The van der Waals surface area contributed by atoms with E-state index in [2.05, 4.69) is 31.2 Å². The molecule has 45 heavy (non-hydrogen) atoms. The van der Waals surface area contributed by atoms with Gasteiger partial charge in [-0.05, 0) is 43.2 Å². The van der Waals surface area contributed by atoms with Crippen LogP contribution in [0.1, 0.15) is 35.3 Å². The largest absolute Gasteiger partial charge is 0.444 e. The zero-order valence-electron chi connectivity index (χ0n) is 25.8. The summed E-state index contributed by atoms with van der Waals surface area (Å²) >= 11 is 1.43. The van der Waals surface area contributed by atoms with Crippen molar-refractivity contribution in [2.24, 2.45) is 0 Å². The standard InChI is InChI=1S/C33H44N6O5S/c1-34-32(41)38-30(14-15-39-16-18-43-19-17-39)31(40)36-27(20-25-8-4-2-5-9-25)12-13-28(21-26-10-6-3-7-11-26)37-33(42)44-23-29-22-35-24-45-29/h2-11,22,24,27-28,30H,12-21,23H2,1H3,(H,36,40)(H,37,42)(H2,34,38,41). The Bertz CT molecular complexity index is 1290. The van der Waals surface area contributed by atoms with Gasteiger partial charge in [0.1, 0.15) is 12.6 Å². The van der Waals surface area contributed by atoms with Crippen LogP contribution < -0.4 is 21.3 Å². The molecule has 0 aliphatic carbocycles. The summed E-state index contributed by atoms with van der Waals surface area (Å²) < 4.78 is 10.9. The van der Waals surface area contributed by atoms with E-state index in [4.69, 9.17) is 9.47 Å². The summed E-state index contributed by atoms with van der Waals surface area (Å²) in [6.45, 7) is 3.75. The van der Waals surface area contributed by atoms with Gasteiger partial charge in [0.15, 0.2) is 0 Å². The number of rotatable bonds is 16. The molecule has 2 heterocycles. The fourth-order valence-corrected chi connectivity index (χ4v) is 5.75. The van der Waals surface area contributed by atoms with Crippen molar-refractivity contribution in [1.29, 1.82) is 0 Å². The predicted octanol–water partition coefficient (Wildman–Crippen LogP) is 3.51. The number of carbonyl (C=O) groups is 3. The summed E-state index contributed by atoms with van der Waals surface area (Å²) in [5.41, 5.74) is 3.88. The molecule has 0 spiro atoms. The van der Waals surface area contributed by atoms with E-state index >= 15 is 0 Å². The lowest BCUT2D eigenvalue weighted by Gasteiger charge is -2.29. The smallest absolute Gasteiger partial charge is 0.407 e. The van der Waals surface area contributed by atoms with Crippen molar-refractivity contribution in [3.05, 3.63) is 88.4 Å².